The number of urea groups is 1. The smallest absolute Gasteiger partial charge is 0.317 e. The molecular weight excluding hydrogens is 356 g/mol. The number of amides is 3. The van der Waals surface area contributed by atoms with E-state index in [1.807, 2.05) is 12.1 Å². The van der Waals surface area contributed by atoms with Gasteiger partial charge < -0.3 is 26.0 Å². The number of anilines is 1. The van der Waals surface area contributed by atoms with Crippen LogP contribution in [0.5, 0.6) is 5.75 Å². The van der Waals surface area contributed by atoms with Gasteiger partial charge in [0.1, 0.15) is 12.4 Å². The molecule has 28 heavy (non-hydrogen) atoms. The average molecular weight is 382 g/mol. The molecule has 0 saturated heterocycles. The fourth-order valence-corrected chi connectivity index (χ4v) is 3.10. The van der Waals surface area contributed by atoms with Crippen LogP contribution in [-0.2, 0) is 17.8 Å². The van der Waals surface area contributed by atoms with Crippen LogP contribution >= 0.6 is 0 Å². The summed E-state index contributed by atoms with van der Waals surface area (Å²) < 4.78 is 5.40. The van der Waals surface area contributed by atoms with Crippen LogP contribution in [0.2, 0.25) is 0 Å². The molecule has 0 saturated carbocycles. The second kappa shape index (κ2) is 9.75. The van der Waals surface area contributed by atoms with Crippen molar-refractivity contribution in [3.05, 3.63) is 59.7 Å². The third-order valence-electron chi connectivity index (χ3n) is 4.57. The number of nitrogens with two attached hydrogens (primary N) is 1. The first-order valence-electron chi connectivity index (χ1n) is 9.48. The van der Waals surface area contributed by atoms with Gasteiger partial charge in [-0.3, -0.25) is 4.79 Å². The standard InChI is InChI=1S/C21H26N4O3/c22-11-14-28-19-7-5-18(6-8-19)24-20(26)9-12-23-21(27)25-13-10-16-3-1-2-4-17(16)15-25/h1-8H,9-15,22H2,(H,23,27)(H,24,26). The van der Waals surface area contributed by atoms with E-state index >= 15 is 0 Å². The number of hydrogen-bond acceptors (Lipinski definition) is 4. The number of carbonyl (C=O) groups excluding carboxylic acids is 2. The third kappa shape index (κ3) is 5.47. The number of carbonyl (C=O) groups is 2. The normalized spacial score (nSPS) is 12.8. The van der Waals surface area contributed by atoms with Crippen molar-refractivity contribution >= 4 is 17.6 Å². The Kier molecular flexibility index (Phi) is 6.86. The number of nitrogens with zero attached hydrogens (tertiary/aromatic N) is 1. The molecular formula is C21H26N4O3. The molecule has 0 radical (unpaired) electrons. The van der Waals surface area contributed by atoms with Crippen molar-refractivity contribution in [3.63, 3.8) is 0 Å². The Balaban J connectivity index is 1.39. The Labute approximate surface area is 164 Å². The number of rotatable bonds is 7. The van der Waals surface area contributed by atoms with Gasteiger partial charge in [0.05, 0.1) is 0 Å². The van der Waals surface area contributed by atoms with E-state index in [2.05, 4.69) is 22.8 Å². The minimum atomic E-state index is -0.153. The van der Waals surface area contributed by atoms with E-state index in [4.69, 9.17) is 10.5 Å². The highest BCUT2D eigenvalue weighted by molar-refractivity contribution is 5.91. The van der Waals surface area contributed by atoms with Gasteiger partial charge in [-0.25, -0.2) is 4.79 Å². The molecule has 0 bridgehead atoms. The van der Waals surface area contributed by atoms with Crippen LogP contribution in [0.4, 0.5) is 10.5 Å². The fraction of sp³-hybridized carbons (Fsp3) is 0.333. The highest BCUT2D eigenvalue weighted by Crippen LogP contribution is 2.18. The number of benzene rings is 2. The van der Waals surface area contributed by atoms with Gasteiger partial charge in [-0.1, -0.05) is 24.3 Å². The third-order valence-corrected chi connectivity index (χ3v) is 4.57. The molecule has 4 N–H and O–H groups in total. The molecule has 1 aliphatic rings. The number of hydrogen-bond donors (Lipinski definition) is 3. The van der Waals surface area contributed by atoms with E-state index in [0.29, 0.717) is 44.2 Å². The van der Waals surface area contributed by atoms with Crippen molar-refractivity contribution in [3.8, 4) is 5.75 Å². The van der Waals surface area contributed by atoms with E-state index in [-0.39, 0.29) is 18.4 Å². The zero-order chi connectivity index (χ0) is 19.8. The van der Waals surface area contributed by atoms with E-state index in [1.54, 1.807) is 29.2 Å². The van der Waals surface area contributed by atoms with Crippen molar-refractivity contribution in [2.75, 3.05) is 31.6 Å². The first-order valence-corrected chi connectivity index (χ1v) is 9.48. The maximum absolute atomic E-state index is 12.3. The lowest BCUT2D eigenvalue weighted by Crippen LogP contribution is -2.43. The quantitative estimate of drug-likeness (QED) is 0.683. The highest BCUT2D eigenvalue weighted by atomic mass is 16.5. The zero-order valence-corrected chi connectivity index (χ0v) is 15.8. The van der Waals surface area contributed by atoms with Crippen LogP contribution in [0.25, 0.3) is 0 Å². The highest BCUT2D eigenvalue weighted by Gasteiger charge is 2.20. The Hall–Kier alpha value is -3.06. The van der Waals surface area contributed by atoms with Crippen LogP contribution in [-0.4, -0.2) is 43.1 Å². The first kappa shape index (κ1) is 19.7. The van der Waals surface area contributed by atoms with Crippen LogP contribution in [0.15, 0.2) is 48.5 Å². The molecule has 148 valence electrons. The summed E-state index contributed by atoms with van der Waals surface area (Å²) in [7, 11) is 0. The molecule has 0 fully saturated rings. The van der Waals surface area contributed by atoms with Crippen LogP contribution in [0.1, 0.15) is 17.5 Å². The van der Waals surface area contributed by atoms with Gasteiger partial charge in [0.15, 0.2) is 0 Å². The van der Waals surface area contributed by atoms with Gasteiger partial charge in [-0.2, -0.15) is 0 Å². The maximum Gasteiger partial charge on any atom is 0.317 e. The van der Waals surface area contributed by atoms with Crippen LogP contribution < -0.4 is 21.1 Å². The van der Waals surface area contributed by atoms with Crippen molar-refractivity contribution in [1.29, 1.82) is 0 Å². The topological polar surface area (TPSA) is 96.7 Å². The van der Waals surface area contributed by atoms with Gasteiger partial charge in [-0.05, 0) is 41.8 Å². The zero-order valence-electron chi connectivity index (χ0n) is 15.8. The average Bonchev–Trinajstić information content (AvgIpc) is 2.72. The Bertz CT molecular complexity index is 808. The molecule has 0 spiro atoms. The molecule has 0 atom stereocenters. The molecule has 7 nitrogen and oxygen atoms in total. The lowest BCUT2D eigenvalue weighted by molar-refractivity contribution is -0.116. The van der Waals surface area contributed by atoms with Crippen LogP contribution in [0, 0.1) is 0 Å². The van der Waals surface area contributed by atoms with E-state index in [0.717, 1.165) is 6.42 Å². The molecule has 0 unspecified atom stereocenters. The molecule has 2 aromatic rings. The molecule has 0 aromatic heterocycles. The monoisotopic (exact) mass is 382 g/mol. The van der Waals surface area contributed by atoms with Crippen molar-refractivity contribution in [2.24, 2.45) is 5.73 Å². The maximum atomic E-state index is 12.3. The summed E-state index contributed by atoms with van der Waals surface area (Å²) in [6, 6.07) is 15.1. The molecule has 2 aromatic carbocycles. The van der Waals surface area contributed by atoms with E-state index in [9.17, 15) is 9.59 Å². The predicted molar refractivity (Wildman–Crippen MR) is 108 cm³/mol. The minimum absolute atomic E-state index is 0.135. The van der Waals surface area contributed by atoms with Gasteiger partial charge in [0.25, 0.3) is 0 Å². The minimum Gasteiger partial charge on any atom is -0.492 e. The lowest BCUT2D eigenvalue weighted by atomic mass is 10.0. The number of ether oxygens (including phenoxy) is 1. The summed E-state index contributed by atoms with van der Waals surface area (Å²) >= 11 is 0. The summed E-state index contributed by atoms with van der Waals surface area (Å²) in [5.74, 6) is 0.554. The van der Waals surface area contributed by atoms with Gasteiger partial charge in [-0.15, -0.1) is 0 Å². The van der Waals surface area contributed by atoms with Crippen LogP contribution in [0.3, 0.4) is 0 Å². The summed E-state index contributed by atoms with van der Waals surface area (Å²) in [6.45, 7) is 2.49. The summed E-state index contributed by atoms with van der Waals surface area (Å²) in [5, 5.41) is 5.63. The first-order chi connectivity index (χ1) is 13.7. The van der Waals surface area contributed by atoms with Crippen molar-refractivity contribution < 1.29 is 14.3 Å². The molecule has 7 heteroatoms. The Morgan fingerprint density at radius 2 is 1.82 bits per heavy atom. The fourth-order valence-electron chi connectivity index (χ4n) is 3.10. The Morgan fingerprint density at radius 1 is 1.07 bits per heavy atom. The van der Waals surface area contributed by atoms with E-state index < -0.39 is 0 Å². The largest absolute Gasteiger partial charge is 0.492 e. The number of nitrogens with one attached hydrogen (secondary N) is 2. The summed E-state index contributed by atoms with van der Waals surface area (Å²) in [6.07, 6.45) is 1.07. The number of fused-ring (bicyclic) bond motifs is 1. The van der Waals surface area contributed by atoms with Gasteiger partial charge in [0.2, 0.25) is 5.91 Å². The van der Waals surface area contributed by atoms with Gasteiger partial charge in [0, 0.05) is 38.3 Å². The molecule has 1 heterocycles. The van der Waals surface area contributed by atoms with Crippen molar-refractivity contribution in [1.82, 2.24) is 10.2 Å². The predicted octanol–water partition coefficient (Wildman–Crippen LogP) is 2.12. The van der Waals surface area contributed by atoms with Crippen molar-refractivity contribution in [2.45, 2.75) is 19.4 Å². The molecule has 3 amide bonds. The van der Waals surface area contributed by atoms with E-state index in [1.165, 1.54) is 11.1 Å². The molecule has 1 aliphatic heterocycles. The SMILES string of the molecule is NCCOc1ccc(NC(=O)CCNC(=O)N2CCc3ccccc3C2)cc1. The van der Waals surface area contributed by atoms with Gasteiger partial charge >= 0.3 is 6.03 Å². The molecule has 3 rings (SSSR count). The second-order valence-corrected chi connectivity index (χ2v) is 6.63. The Morgan fingerprint density at radius 3 is 2.57 bits per heavy atom. The molecule has 0 aliphatic carbocycles. The summed E-state index contributed by atoms with van der Waals surface area (Å²) in [4.78, 5) is 26.2. The summed E-state index contributed by atoms with van der Waals surface area (Å²) in [5.41, 5.74) is 8.56. The second-order valence-electron chi connectivity index (χ2n) is 6.63. The lowest BCUT2D eigenvalue weighted by Gasteiger charge is -2.28.